The Kier molecular flexibility index (Phi) is 11.4. The second-order valence-electron chi connectivity index (χ2n) is 12.2. The molecular formula is C34H22N10O15S2. The first-order valence-electron chi connectivity index (χ1n) is 16.4. The summed E-state index contributed by atoms with van der Waals surface area (Å²) >= 11 is 0. The third kappa shape index (κ3) is 9.34. The minimum absolute atomic E-state index is 0.102. The third-order valence-corrected chi connectivity index (χ3v) is 10.1. The van der Waals surface area contributed by atoms with Gasteiger partial charge in [-0.25, -0.2) is 0 Å². The summed E-state index contributed by atoms with van der Waals surface area (Å²) in [6.07, 6.45) is 0.459. The van der Waals surface area contributed by atoms with Gasteiger partial charge in [0.2, 0.25) is 16.6 Å². The van der Waals surface area contributed by atoms with Crippen LogP contribution in [0.4, 0.5) is 45.5 Å². The van der Waals surface area contributed by atoms with E-state index in [0.717, 1.165) is 48.5 Å². The van der Waals surface area contributed by atoms with Crippen molar-refractivity contribution in [2.75, 3.05) is 21.6 Å². The summed E-state index contributed by atoms with van der Waals surface area (Å²) < 4.78 is 67.3. The average Bonchev–Trinajstić information content (AvgIpc) is 3.20. The standard InChI is InChI=1S/C34H22N10O15S2/c45-28-16-29(60(54,55)56)24-13-21(43(50)51)9-11-23(24)31(28)40-39-27-15-26(33(46)32(34(27)47)41-37-19-5-7-20(8-6-19)42(48)49)38-36-18-3-1-17(2-4-18)35-25-12-10-22(44(52)53)14-30(25)61(57,58)59/h1-16,35-37,39H,(H,54,55,56)(H,57,58,59)/b38-26?,40-31?,41-32+. The molecule has 0 amide bonds. The number of rotatable bonds is 13. The zero-order valence-electron chi connectivity index (χ0n) is 29.9. The minimum Gasteiger partial charge on any atom is -0.354 e. The van der Waals surface area contributed by atoms with Gasteiger partial charge in [-0.3, -0.25) is 70.1 Å². The Bertz CT molecular complexity index is 3240. The molecule has 0 heterocycles. The number of hydrogen-bond donors (Lipinski definition) is 6. The van der Waals surface area contributed by atoms with Crippen molar-refractivity contribution in [3.8, 4) is 0 Å². The van der Waals surface area contributed by atoms with E-state index in [9.17, 15) is 70.7 Å². The van der Waals surface area contributed by atoms with Gasteiger partial charge in [0, 0.05) is 59.3 Å². The van der Waals surface area contributed by atoms with Crippen LogP contribution >= 0.6 is 0 Å². The van der Waals surface area contributed by atoms with Gasteiger partial charge in [-0.15, -0.1) is 0 Å². The molecule has 0 saturated heterocycles. The number of ketones is 1. The number of nitrogens with one attached hydrogen (secondary N) is 4. The van der Waals surface area contributed by atoms with Crippen molar-refractivity contribution in [2.45, 2.75) is 4.90 Å². The van der Waals surface area contributed by atoms with Crippen molar-refractivity contribution >= 4 is 82.1 Å². The number of benzene rings is 5. The molecule has 1 aliphatic rings. The smallest absolute Gasteiger partial charge is 0.296 e. The van der Waals surface area contributed by atoms with Crippen LogP contribution in [0.5, 0.6) is 0 Å². The number of non-ortho nitro benzene ring substituents is 3. The predicted octanol–water partition coefficient (Wildman–Crippen LogP) is 2.48. The number of nitrogens with zero attached hydrogens (tertiary/aromatic N) is 6. The van der Waals surface area contributed by atoms with E-state index in [-0.39, 0.29) is 34.0 Å². The highest BCUT2D eigenvalue weighted by atomic mass is 32.2. The zero-order valence-corrected chi connectivity index (χ0v) is 31.6. The molecule has 1 aliphatic carbocycles. The van der Waals surface area contributed by atoms with Crippen molar-refractivity contribution < 1.29 is 45.5 Å². The van der Waals surface area contributed by atoms with Crippen LogP contribution in [0, 0.1) is 30.3 Å². The lowest BCUT2D eigenvalue weighted by atomic mass is 9.94. The lowest BCUT2D eigenvalue weighted by molar-refractivity contribution is -0.385. The molecular weight excluding hydrogens is 853 g/mol. The molecule has 0 aliphatic heterocycles. The van der Waals surface area contributed by atoms with Gasteiger partial charge in [0.1, 0.15) is 26.6 Å². The van der Waals surface area contributed by atoms with Crippen LogP contribution in [0.25, 0.3) is 4.91 Å². The van der Waals surface area contributed by atoms with Gasteiger partial charge in [0.05, 0.1) is 31.8 Å². The number of nitro groups is 3. The summed E-state index contributed by atoms with van der Waals surface area (Å²) in [4.78, 5) is 69.8. The van der Waals surface area contributed by atoms with Crippen molar-refractivity contribution in [3.63, 3.8) is 0 Å². The molecule has 0 atom stereocenters. The van der Waals surface area contributed by atoms with E-state index >= 15 is 0 Å². The second-order valence-corrected chi connectivity index (χ2v) is 15.0. The van der Waals surface area contributed by atoms with E-state index in [1.54, 1.807) is 0 Å². The molecule has 0 radical (unpaired) electrons. The molecule has 27 heteroatoms. The van der Waals surface area contributed by atoms with E-state index in [1.165, 1.54) is 36.4 Å². The van der Waals surface area contributed by atoms with Crippen molar-refractivity contribution in [1.82, 2.24) is 0 Å². The maximum absolute atomic E-state index is 13.6. The quantitative estimate of drug-likeness (QED) is 0.0562. The van der Waals surface area contributed by atoms with Gasteiger partial charge in [-0.2, -0.15) is 32.1 Å². The maximum Gasteiger partial charge on any atom is 0.296 e. The number of allylic oxidation sites excluding steroid dienone is 1. The van der Waals surface area contributed by atoms with Crippen LogP contribution in [0.3, 0.4) is 0 Å². The lowest BCUT2D eigenvalue weighted by Crippen LogP contribution is -2.49. The van der Waals surface area contributed by atoms with Crippen molar-refractivity contribution in [3.05, 3.63) is 170 Å². The SMILES string of the molecule is O=C1C=C(S(=O)(=O)O)c2cc([N+](=O)[O-])ccc2C1=NNc1cc(=NNc2ccc(Nc3ccc([N+](=O)[O-])cc3S(=O)(=O)O)cc2)c(=O)/c(=N\Nc2ccc([N+](=O)[O-])cc2)c1=O. The van der Waals surface area contributed by atoms with Crippen LogP contribution < -0.4 is 43.2 Å². The van der Waals surface area contributed by atoms with Crippen LogP contribution in [0.2, 0.25) is 0 Å². The molecule has 6 rings (SSSR count). The van der Waals surface area contributed by atoms with Gasteiger partial charge in [-0.1, -0.05) is 0 Å². The number of carbonyl (C=O) groups is 1. The number of carbonyl (C=O) groups excluding carboxylic acids is 1. The summed E-state index contributed by atoms with van der Waals surface area (Å²) in [7, 11) is -9.99. The Morgan fingerprint density at radius 1 is 0.541 bits per heavy atom. The molecule has 5 aromatic rings. The first-order chi connectivity index (χ1) is 28.7. The summed E-state index contributed by atoms with van der Waals surface area (Å²) in [5.74, 6) is -1.12. The molecule has 0 fully saturated rings. The largest absolute Gasteiger partial charge is 0.354 e. The Morgan fingerprint density at radius 3 is 1.67 bits per heavy atom. The molecule has 0 unspecified atom stereocenters. The van der Waals surface area contributed by atoms with Gasteiger partial charge in [0.15, 0.2) is 5.36 Å². The van der Waals surface area contributed by atoms with Gasteiger partial charge >= 0.3 is 0 Å². The molecule has 5 aromatic carbocycles. The third-order valence-electron chi connectivity index (χ3n) is 8.28. The predicted molar refractivity (Wildman–Crippen MR) is 213 cm³/mol. The average molecular weight is 875 g/mol. The fourth-order valence-corrected chi connectivity index (χ4v) is 6.78. The fourth-order valence-electron chi connectivity index (χ4n) is 5.41. The highest BCUT2D eigenvalue weighted by Crippen LogP contribution is 2.32. The van der Waals surface area contributed by atoms with Gasteiger partial charge in [-0.05, 0) is 54.6 Å². The van der Waals surface area contributed by atoms with Crippen molar-refractivity contribution in [1.29, 1.82) is 0 Å². The molecule has 6 N–H and O–H groups in total. The monoisotopic (exact) mass is 874 g/mol. The van der Waals surface area contributed by atoms with E-state index in [0.29, 0.717) is 12.1 Å². The Morgan fingerprint density at radius 2 is 1.08 bits per heavy atom. The molecule has 25 nitrogen and oxygen atoms in total. The summed E-state index contributed by atoms with van der Waals surface area (Å²) in [5.41, 5.74) is 2.04. The number of anilines is 5. The first kappa shape index (κ1) is 42.2. The molecule has 310 valence electrons. The molecule has 0 spiro atoms. The topological polar surface area (TPSA) is 375 Å². The van der Waals surface area contributed by atoms with Crippen LogP contribution in [-0.4, -0.2) is 52.2 Å². The Labute approximate surface area is 338 Å². The van der Waals surface area contributed by atoms with Crippen LogP contribution in [0.1, 0.15) is 11.1 Å². The summed E-state index contributed by atoms with van der Waals surface area (Å²) in [5, 5.41) is 46.8. The van der Waals surface area contributed by atoms with E-state index in [4.69, 9.17) is 0 Å². The normalized spacial score (nSPS) is 13.9. The zero-order chi connectivity index (χ0) is 44.4. The highest BCUT2D eigenvalue weighted by molar-refractivity contribution is 7.95. The molecule has 0 saturated carbocycles. The van der Waals surface area contributed by atoms with E-state index in [1.807, 2.05) is 0 Å². The number of hydrogen-bond acceptors (Lipinski definition) is 20. The lowest BCUT2D eigenvalue weighted by Gasteiger charge is -2.16. The Hall–Kier alpha value is -8.40. The number of hydrazone groups is 1. The minimum atomic E-state index is -5.09. The molecule has 61 heavy (non-hydrogen) atoms. The van der Waals surface area contributed by atoms with E-state index < -0.39 is 100 Å². The second kappa shape index (κ2) is 16.5. The van der Waals surface area contributed by atoms with Gasteiger partial charge < -0.3 is 5.32 Å². The van der Waals surface area contributed by atoms with Crippen LogP contribution in [0.15, 0.2) is 127 Å². The number of fused-ring (bicyclic) bond motifs is 1. The van der Waals surface area contributed by atoms with Crippen molar-refractivity contribution in [2.24, 2.45) is 15.3 Å². The maximum atomic E-state index is 13.6. The van der Waals surface area contributed by atoms with Gasteiger partial charge in [0.25, 0.3) is 37.3 Å². The summed E-state index contributed by atoms with van der Waals surface area (Å²) in [6, 6.07) is 16.6. The highest BCUT2D eigenvalue weighted by Gasteiger charge is 2.32. The molecule has 0 bridgehead atoms. The Balaban J connectivity index is 1.38. The molecule has 0 aromatic heterocycles. The number of nitro benzene ring substituents is 3. The summed E-state index contributed by atoms with van der Waals surface area (Å²) in [6.45, 7) is 0. The first-order valence-corrected chi connectivity index (χ1v) is 19.3. The fraction of sp³-hybridized carbons (Fsp3) is 0. The van der Waals surface area contributed by atoms with E-state index in [2.05, 4.69) is 36.9 Å². The van der Waals surface area contributed by atoms with Crippen LogP contribution in [-0.2, 0) is 25.0 Å².